The number of aliphatic imine (C=N–C) groups is 1. The molecule has 1 aliphatic rings. The standard InChI is InChI=1S/C19H19F3N2O2/c1-25-15-9-7-14(8-10-15)23-17(19(20,21)22)11-18-24-16(12-26-18)13-5-3-2-4-6-13/h2-10,16-17,23H,11-12H2,1H3/t16-,17+/m0/s1. The molecule has 0 amide bonds. The molecule has 0 aromatic heterocycles. The van der Waals surface area contributed by atoms with Gasteiger partial charge < -0.3 is 14.8 Å². The number of hydrogen-bond donors (Lipinski definition) is 1. The van der Waals surface area contributed by atoms with E-state index in [1.54, 1.807) is 24.3 Å². The molecule has 1 aliphatic heterocycles. The van der Waals surface area contributed by atoms with Crippen molar-refractivity contribution >= 4 is 11.6 Å². The Bertz CT molecular complexity index is 746. The molecule has 0 fully saturated rings. The van der Waals surface area contributed by atoms with Crippen molar-refractivity contribution in [2.24, 2.45) is 4.99 Å². The molecule has 3 rings (SSSR count). The summed E-state index contributed by atoms with van der Waals surface area (Å²) in [5.41, 5.74) is 1.28. The van der Waals surface area contributed by atoms with Gasteiger partial charge in [-0.3, -0.25) is 0 Å². The van der Waals surface area contributed by atoms with Crippen molar-refractivity contribution in [1.29, 1.82) is 0 Å². The molecule has 4 nitrogen and oxygen atoms in total. The third-order valence-corrected chi connectivity index (χ3v) is 4.10. The maximum Gasteiger partial charge on any atom is 0.409 e. The van der Waals surface area contributed by atoms with E-state index < -0.39 is 12.2 Å². The molecule has 0 saturated carbocycles. The van der Waals surface area contributed by atoms with Crippen molar-refractivity contribution in [2.45, 2.75) is 24.7 Å². The summed E-state index contributed by atoms with van der Waals surface area (Å²) in [6.45, 7) is 0.256. The van der Waals surface area contributed by atoms with Crippen LogP contribution in [0.1, 0.15) is 18.0 Å². The minimum atomic E-state index is -4.43. The molecule has 2 aromatic rings. The molecule has 0 radical (unpaired) electrons. The Morgan fingerprint density at radius 1 is 1.15 bits per heavy atom. The molecular weight excluding hydrogens is 345 g/mol. The summed E-state index contributed by atoms with van der Waals surface area (Å²) in [6.07, 6.45) is -4.80. The van der Waals surface area contributed by atoms with Crippen LogP contribution in [0.15, 0.2) is 59.6 Å². The highest BCUT2D eigenvalue weighted by molar-refractivity contribution is 5.79. The van der Waals surface area contributed by atoms with Gasteiger partial charge in [-0.1, -0.05) is 30.3 Å². The van der Waals surface area contributed by atoms with Crippen LogP contribution in [0.3, 0.4) is 0 Å². The summed E-state index contributed by atoms with van der Waals surface area (Å²) < 4.78 is 50.7. The first-order valence-electron chi connectivity index (χ1n) is 8.17. The van der Waals surface area contributed by atoms with Gasteiger partial charge in [0.25, 0.3) is 0 Å². The predicted octanol–water partition coefficient (Wildman–Crippen LogP) is 4.60. The van der Waals surface area contributed by atoms with Crippen molar-refractivity contribution in [2.75, 3.05) is 19.0 Å². The number of nitrogens with zero attached hydrogens (tertiary/aromatic N) is 1. The van der Waals surface area contributed by atoms with Crippen LogP contribution in [0.4, 0.5) is 18.9 Å². The van der Waals surface area contributed by atoms with Gasteiger partial charge in [-0.25, -0.2) is 4.99 Å². The van der Waals surface area contributed by atoms with Gasteiger partial charge in [-0.2, -0.15) is 13.2 Å². The van der Waals surface area contributed by atoms with Crippen LogP contribution in [0.2, 0.25) is 0 Å². The van der Waals surface area contributed by atoms with Crippen LogP contribution >= 0.6 is 0 Å². The number of rotatable bonds is 6. The second-order valence-electron chi connectivity index (χ2n) is 5.93. The largest absolute Gasteiger partial charge is 0.497 e. The number of alkyl halides is 3. The van der Waals surface area contributed by atoms with Gasteiger partial charge in [0.2, 0.25) is 0 Å². The molecule has 0 aliphatic carbocycles. The van der Waals surface area contributed by atoms with Gasteiger partial charge in [-0.15, -0.1) is 0 Å². The fourth-order valence-corrected chi connectivity index (χ4v) is 2.69. The smallest absolute Gasteiger partial charge is 0.409 e. The first-order valence-corrected chi connectivity index (χ1v) is 8.17. The Morgan fingerprint density at radius 2 is 1.85 bits per heavy atom. The lowest BCUT2D eigenvalue weighted by molar-refractivity contribution is -0.141. The average molecular weight is 364 g/mol. The summed E-state index contributed by atoms with van der Waals surface area (Å²) in [5.74, 6) is 0.690. The summed E-state index contributed by atoms with van der Waals surface area (Å²) in [7, 11) is 1.50. The highest BCUT2D eigenvalue weighted by atomic mass is 19.4. The summed E-state index contributed by atoms with van der Waals surface area (Å²) in [5, 5.41) is 2.51. The summed E-state index contributed by atoms with van der Waals surface area (Å²) in [6, 6.07) is 13.6. The van der Waals surface area contributed by atoms with Crippen molar-refractivity contribution in [3.8, 4) is 5.75 Å². The van der Waals surface area contributed by atoms with Gasteiger partial charge in [0.05, 0.1) is 13.5 Å². The molecule has 0 unspecified atom stereocenters. The molecule has 2 aromatic carbocycles. The van der Waals surface area contributed by atoms with E-state index in [1.165, 1.54) is 7.11 Å². The Kier molecular flexibility index (Phi) is 5.35. The minimum Gasteiger partial charge on any atom is -0.497 e. The second-order valence-corrected chi connectivity index (χ2v) is 5.93. The second kappa shape index (κ2) is 7.68. The van der Waals surface area contributed by atoms with Gasteiger partial charge in [-0.05, 0) is 29.8 Å². The number of ether oxygens (including phenoxy) is 2. The zero-order valence-corrected chi connectivity index (χ0v) is 14.2. The predicted molar refractivity (Wildman–Crippen MR) is 93.6 cm³/mol. The van der Waals surface area contributed by atoms with Crippen LogP contribution in [-0.2, 0) is 4.74 Å². The lowest BCUT2D eigenvalue weighted by atomic mass is 10.1. The maximum absolute atomic E-state index is 13.4. The number of anilines is 1. The quantitative estimate of drug-likeness (QED) is 0.815. The lowest BCUT2D eigenvalue weighted by Crippen LogP contribution is -2.38. The van der Waals surface area contributed by atoms with E-state index >= 15 is 0 Å². The highest BCUT2D eigenvalue weighted by Crippen LogP contribution is 2.30. The van der Waals surface area contributed by atoms with Crippen LogP contribution in [0, 0.1) is 0 Å². The van der Waals surface area contributed by atoms with Crippen molar-refractivity contribution in [3.05, 3.63) is 60.2 Å². The molecule has 1 N–H and O–H groups in total. The number of benzene rings is 2. The first-order chi connectivity index (χ1) is 12.5. The van der Waals surface area contributed by atoms with Crippen molar-refractivity contribution < 1.29 is 22.6 Å². The first kappa shape index (κ1) is 18.1. The lowest BCUT2D eigenvalue weighted by Gasteiger charge is -2.22. The topological polar surface area (TPSA) is 42.8 Å². The van der Waals surface area contributed by atoms with E-state index in [0.29, 0.717) is 11.4 Å². The number of halogens is 3. The van der Waals surface area contributed by atoms with E-state index in [2.05, 4.69) is 10.3 Å². The third-order valence-electron chi connectivity index (χ3n) is 4.10. The Labute approximate surface area is 149 Å². The number of methoxy groups -OCH3 is 1. The van der Waals surface area contributed by atoms with Gasteiger partial charge >= 0.3 is 6.18 Å². The highest BCUT2D eigenvalue weighted by Gasteiger charge is 2.41. The van der Waals surface area contributed by atoms with Gasteiger partial charge in [0.15, 0.2) is 5.90 Å². The van der Waals surface area contributed by atoms with Crippen LogP contribution in [0.5, 0.6) is 5.75 Å². The zero-order valence-electron chi connectivity index (χ0n) is 14.2. The van der Waals surface area contributed by atoms with E-state index in [9.17, 15) is 13.2 Å². The number of nitrogens with one attached hydrogen (secondary N) is 1. The van der Waals surface area contributed by atoms with E-state index in [-0.39, 0.29) is 25.0 Å². The van der Waals surface area contributed by atoms with Gasteiger partial charge in [0, 0.05) is 5.69 Å². The van der Waals surface area contributed by atoms with Crippen molar-refractivity contribution in [1.82, 2.24) is 0 Å². The average Bonchev–Trinajstić information content (AvgIpc) is 3.10. The Hall–Kier alpha value is -2.70. The molecule has 0 bridgehead atoms. The molecule has 26 heavy (non-hydrogen) atoms. The molecule has 1 heterocycles. The molecular formula is C19H19F3N2O2. The maximum atomic E-state index is 13.4. The fraction of sp³-hybridized carbons (Fsp3) is 0.316. The zero-order chi connectivity index (χ0) is 18.6. The summed E-state index contributed by atoms with van der Waals surface area (Å²) in [4.78, 5) is 4.32. The van der Waals surface area contributed by atoms with Crippen LogP contribution in [0.25, 0.3) is 0 Å². The molecule has 0 spiro atoms. The molecule has 7 heteroatoms. The van der Waals surface area contributed by atoms with Crippen molar-refractivity contribution in [3.63, 3.8) is 0 Å². The molecule has 0 saturated heterocycles. The SMILES string of the molecule is COc1ccc(N[C@H](CC2=N[C@H](c3ccccc3)CO2)C(F)(F)F)cc1. The normalized spacial score (nSPS) is 18.0. The monoisotopic (exact) mass is 364 g/mol. The van der Waals surface area contributed by atoms with E-state index in [0.717, 1.165) is 5.56 Å². The Balaban J connectivity index is 1.70. The molecule has 2 atom stereocenters. The minimum absolute atomic E-state index is 0.113. The van der Waals surface area contributed by atoms with E-state index in [4.69, 9.17) is 9.47 Å². The van der Waals surface area contributed by atoms with Crippen LogP contribution < -0.4 is 10.1 Å². The third kappa shape index (κ3) is 4.47. The van der Waals surface area contributed by atoms with E-state index in [1.807, 2.05) is 30.3 Å². The van der Waals surface area contributed by atoms with Crippen LogP contribution in [-0.4, -0.2) is 31.8 Å². The fourth-order valence-electron chi connectivity index (χ4n) is 2.69. The number of hydrogen-bond acceptors (Lipinski definition) is 4. The Morgan fingerprint density at radius 3 is 2.46 bits per heavy atom. The molecule has 138 valence electrons. The van der Waals surface area contributed by atoms with Gasteiger partial charge in [0.1, 0.15) is 24.4 Å². The summed E-state index contributed by atoms with van der Waals surface area (Å²) >= 11 is 0.